The van der Waals surface area contributed by atoms with Gasteiger partial charge >= 0.3 is 5.97 Å². The van der Waals surface area contributed by atoms with Gasteiger partial charge in [-0.2, -0.15) is 0 Å². The summed E-state index contributed by atoms with van der Waals surface area (Å²) in [6, 6.07) is 19.1. The van der Waals surface area contributed by atoms with Gasteiger partial charge in [-0.1, -0.05) is 60.7 Å². The Bertz CT molecular complexity index is 503. The maximum absolute atomic E-state index is 12.5. The van der Waals surface area contributed by atoms with Crippen molar-refractivity contribution in [3.05, 3.63) is 71.8 Å². The monoisotopic (exact) mass is 288 g/mol. The van der Waals surface area contributed by atoms with Crippen LogP contribution in [0.3, 0.4) is 0 Å². The van der Waals surface area contributed by atoms with Gasteiger partial charge < -0.3 is 9.29 Å². The lowest BCUT2D eigenvalue weighted by Crippen LogP contribution is -2.24. The topological polar surface area (TPSA) is 49.4 Å². The van der Waals surface area contributed by atoms with E-state index in [4.69, 9.17) is 0 Å². The predicted octanol–water partition coefficient (Wildman–Crippen LogP) is 2.70. The van der Waals surface area contributed by atoms with Crippen LogP contribution in [0.5, 0.6) is 0 Å². The average Bonchev–Trinajstić information content (AvgIpc) is 2.49. The molecule has 4 heteroatoms. The van der Waals surface area contributed by atoms with Gasteiger partial charge in [0, 0.05) is 11.1 Å². The highest BCUT2D eigenvalue weighted by Gasteiger charge is 2.28. The van der Waals surface area contributed by atoms with Crippen molar-refractivity contribution in [1.29, 1.82) is 0 Å². The SMILES string of the molecule is COC(=O)C[S@@+]([O-])C(c1ccccc1)c1ccccc1. The number of rotatable bonds is 5. The van der Waals surface area contributed by atoms with Gasteiger partial charge in [0.2, 0.25) is 5.75 Å². The largest absolute Gasteiger partial charge is 0.615 e. The molecule has 0 bridgehead atoms. The fraction of sp³-hybridized carbons (Fsp3) is 0.188. The van der Waals surface area contributed by atoms with E-state index in [0.717, 1.165) is 11.1 Å². The first kappa shape index (κ1) is 14.6. The molecule has 0 aliphatic rings. The van der Waals surface area contributed by atoms with Crippen LogP contribution in [0.1, 0.15) is 16.4 Å². The fourth-order valence-electron chi connectivity index (χ4n) is 2.01. The molecule has 0 unspecified atom stereocenters. The van der Waals surface area contributed by atoms with Crippen LogP contribution in [-0.2, 0) is 20.7 Å². The lowest BCUT2D eigenvalue weighted by molar-refractivity contribution is -0.137. The van der Waals surface area contributed by atoms with E-state index >= 15 is 0 Å². The smallest absolute Gasteiger partial charge is 0.356 e. The molecule has 2 aromatic rings. The van der Waals surface area contributed by atoms with Gasteiger partial charge in [-0.15, -0.1) is 0 Å². The number of esters is 1. The van der Waals surface area contributed by atoms with Crippen molar-refractivity contribution in [2.75, 3.05) is 12.9 Å². The van der Waals surface area contributed by atoms with Crippen molar-refractivity contribution in [1.82, 2.24) is 0 Å². The number of hydrogen-bond acceptors (Lipinski definition) is 3. The van der Waals surface area contributed by atoms with Crippen LogP contribution in [0.15, 0.2) is 60.7 Å². The summed E-state index contributed by atoms with van der Waals surface area (Å²) in [6.45, 7) is 0. The quantitative estimate of drug-likeness (QED) is 0.628. The first-order valence-corrected chi connectivity index (χ1v) is 7.64. The van der Waals surface area contributed by atoms with Crippen molar-refractivity contribution in [2.45, 2.75) is 5.25 Å². The zero-order valence-corrected chi connectivity index (χ0v) is 12.0. The number of hydrogen-bond donors (Lipinski definition) is 0. The third kappa shape index (κ3) is 3.62. The van der Waals surface area contributed by atoms with Crippen LogP contribution in [0.2, 0.25) is 0 Å². The molecule has 0 spiro atoms. The molecule has 3 nitrogen and oxygen atoms in total. The predicted molar refractivity (Wildman–Crippen MR) is 79.8 cm³/mol. The third-order valence-electron chi connectivity index (χ3n) is 2.96. The number of ether oxygens (including phenoxy) is 1. The van der Waals surface area contributed by atoms with Crippen LogP contribution in [0, 0.1) is 0 Å². The molecular weight excluding hydrogens is 272 g/mol. The molecular formula is C16H16O3S. The van der Waals surface area contributed by atoms with Crippen molar-refractivity contribution in [3.63, 3.8) is 0 Å². The summed E-state index contributed by atoms with van der Waals surface area (Å²) >= 11 is -1.36. The van der Waals surface area contributed by atoms with Gasteiger partial charge in [0.05, 0.1) is 7.11 Å². The maximum atomic E-state index is 12.5. The van der Waals surface area contributed by atoms with E-state index in [1.165, 1.54) is 7.11 Å². The highest BCUT2D eigenvalue weighted by Crippen LogP contribution is 2.30. The second-order valence-electron chi connectivity index (χ2n) is 4.30. The normalized spacial score (nSPS) is 12.2. The summed E-state index contributed by atoms with van der Waals surface area (Å²) < 4.78 is 17.1. The van der Waals surface area contributed by atoms with Gasteiger partial charge in [0.1, 0.15) is 0 Å². The van der Waals surface area contributed by atoms with E-state index < -0.39 is 17.1 Å². The minimum Gasteiger partial charge on any atom is -0.615 e. The van der Waals surface area contributed by atoms with E-state index in [2.05, 4.69) is 4.74 Å². The van der Waals surface area contributed by atoms with Crippen LogP contribution in [0.25, 0.3) is 0 Å². The lowest BCUT2D eigenvalue weighted by atomic mass is 10.0. The summed E-state index contributed by atoms with van der Waals surface area (Å²) in [5, 5.41) is -0.323. The van der Waals surface area contributed by atoms with Crippen LogP contribution < -0.4 is 0 Å². The van der Waals surface area contributed by atoms with Crippen LogP contribution >= 0.6 is 0 Å². The molecule has 0 fully saturated rings. The van der Waals surface area contributed by atoms with Gasteiger partial charge in [0.25, 0.3) is 0 Å². The Hall–Kier alpha value is -1.78. The second kappa shape index (κ2) is 7.12. The summed E-state index contributed by atoms with van der Waals surface area (Å²) in [5.41, 5.74) is 1.86. The molecule has 20 heavy (non-hydrogen) atoms. The van der Waals surface area contributed by atoms with Crippen LogP contribution in [-0.4, -0.2) is 23.4 Å². The molecule has 0 heterocycles. The third-order valence-corrected chi connectivity index (χ3v) is 4.55. The molecule has 104 valence electrons. The lowest BCUT2D eigenvalue weighted by Gasteiger charge is -2.21. The van der Waals surface area contributed by atoms with E-state index in [-0.39, 0.29) is 11.0 Å². The number of benzene rings is 2. The Morgan fingerprint density at radius 1 is 1.05 bits per heavy atom. The molecule has 0 saturated heterocycles. The first-order valence-electron chi connectivity index (χ1n) is 6.26. The molecule has 1 atom stereocenters. The summed E-state index contributed by atoms with van der Waals surface area (Å²) in [6.07, 6.45) is 0. The minimum atomic E-state index is -1.36. The maximum Gasteiger partial charge on any atom is 0.356 e. The molecule has 0 N–H and O–H groups in total. The Morgan fingerprint density at radius 3 is 1.90 bits per heavy atom. The fourth-order valence-corrected chi connectivity index (χ4v) is 3.45. The average molecular weight is 288 g/mol. The van der Waals surface area contributed by atoms with Crippen molar-refractivity contribution < 1.29 is 14.1 Å². The van der Waals surface area contributed by atoms with E-state index in [0.29, 0.717) is 0 Å². The highest BCUT2D eigenvalue weighted by atomic mass is 32.2. The van der Waals surface area contributed by atoms with Crippen LogP contribution in [0.4, 0.5) is 0 Å². The summed E-state index contributed by atoms with van der Waals surface area (Å²) in [4.78, 5) is 11.4. The Balaban J connectivity index is 2.32. The molecule has 0 saturated carbocycles. The van der Waals surface area contributed by atoms with Gasteiger partial charge in [0.15, 0.2) is 5.25 Å². The number of methoxy groups -OCH3 is 1. The standard InChI is InChI=1S/C16H16O3S/c1-19-15(17)12-20(18)16(13-8-4-2-5-9-13)14-10-6-3-7-11-14/h2-11,16H,12H2,1H3/t20-/m1/s1. The molecule has 0 aromatic heterocycles. The molecule has 0 amide bonds. The van der Waals surface area contributed by atoms with E-state index in [1.807, 2.05) is 60.7 Å². The van der Waals surface area contributed by atoms with Crippen molar-refractivity contribution in [3.8, 4) is 0 Å². The Labute approximate surface area is 121 Å². The zero-order valence-electron chi connectivity index (χ0n) is 11.2. The van der Waals surface area contributed by atoms with Gasteiger partial charge in [-0.25, -0.2) is 4.79 Å². The molecule has 0 radical (unpaired) electrons. The molecule has 2 rings (SSSR count). The highest BCUT2D eigenvalue weighted by molar-refractivity contribution is 7.92. The van der Waals surface area contributed by atoms with Gasteiger partial charge in [-0.3, -0.25) is 0 Å². The summed E-state index contributed by atoms with van der Waals surface area (Å²) in [5.74, 6) is -0.564. The number of carbonyl (C=O) groups is 1. The van der Waals surface area contributed by atoms with E-state index in [1.54, 1.807) is 0 Å². The van der Waals surface area contributed by atoms with E-state index in [9.17, 15) is 9.35 Å². The number of carbonyl (C=O) groups excluding carboxylic acids is 1. The van der Waals surface area contributed by atoms with Crippen molar-refractivity contribution >= 4 is 17.1 Å². The molecule has 0 aliphatic carbocycles. The summed E-state index contributed by atoms with van der Waals surface area (Å²) in [7, 11) is 1.31. The second-order valence-corrected chi connectivity index (χ2v) is 5.82. The molecule has 0 aliphatic heterocycles. The van der Waals surface area contributed by atoms with Crippen molar-refractivity contribution in [2.24, 2.45) is 0 Å². The first-order chi connectivity index (χ1) is 9.72. The van der Waals surface area contributed by atoms with Gasteiger partial charge in [-0.05, 0) is 11.2 Å². The minimum absolute atomic E-state index is 0.106. The zero-order chi connectivity index (χ0) is 14.4. The molecule has 2 aromatic carbocycles. The Morgan fingerprint density at radius 2 is 1.50 bits per heavy atom. The Kier molecular flexibility index (Phi) is 5.21.